The Balaban J connectivity index is 1.93. The first kappa shape index (κ1) is 18.2. The van der Waals surface area contributed by atoms with E-state index in [2.05, 4.69) is 10.3 Å². The van der Waals surface area contributed by atoms with Gasteiger partial charge < -0.3 is 5.11 Å². The maximum Gasteiger partial charge on any atom is 0.416 e. The molecule has 0 saturated heterocycles. The van der Waals surface area contributed by atoms with E-state index in [4.69, 9.17) is 11.6 Å². The first-order valence-corrected chi connectivity index (χ1v) is 8.15. The third kappa shape index (κ3) is 3.49. The van der Waals surface area contributed by atoms with Gasteiger partial charge in [-0.25, -0.2) is 4.98 Å². The van der Waals surface area contributed by atoms with Crippen LogP contribution in [0.5, 0.6) is 5.75 Å². The van der Waals surface area contributed by atoms with Gasteiger partial charge >= 0.3 is 6.18 Å². The van der Waals surface area contributed by atoms with Crippen molar-refractivity contribution in [3.63, 3.8) is 0 Å². The van der Waals surface area contributed by atoms with E-state index in [1.54, 1.807) is 0 Å². The van der Waals surface area contributed by atoms with Crippen LogP contribution in [0, 0.1) is 0 Å². The second-order valence-electron chi connectivity index (χ2n) is 5.16. The predicted molar refractivity (Wildman–Crippen MR) is 91.1 cm³/mol. The number of aromatic hydroxyl groups is 1. The van der Waals surface area contributed by atoms with Crippen molar-refractivity contribution in [2.75, 3.05) is 5.32 Å². The fraction of sp³-hybridized carbons (Fsp3) is 0.0625. The summed E-state index contributed by atoms with van der Waals surface area (Å²) in [5.41, 5.74) is -0.964. The number of rotatable bonds is 3. The summed E-state index contributed by atoms with van der Waals surface area (Å²) in [6, 6.07) is 5.38. The third-order valence-corrected chi connectivity index (χ3v) is 4.56. The number of hydrogen-bond acceptors (Lipinski definition) is 5. The molecule has 3 aromatic rings. The van der Waals surface area contributed by atoms with Crippen molar-refractivity contribution < 1.29 is 27.9 Å². The fourth-order valence-corrected chi connectivity index (χ4v) is 3.33. The molecule has 0 saturated carbocycles. The molecule has 0 unspecified atom stereocenters. The van der Waals surface area contributed by atoms with Crippen molar-refractivity contribution in [3.8, 4) is 5.75 Å². The largest absolute Gasteiger partial charge is 0.506 e. The highest BCUT2D eigenvalue weighted by molar-refractivity contribution is 7.22. The molecular formula is C16H8ClF3N2O3S. The Labute approximate surface area is 153 Å². The Kier molecular flexibility index (Phi) is 4.59. The minimum absolute atomic E-state index is 0.0383. The molecule has 0 radical (unpaired) electrons. The highest BCUT2D eigenvalue weighted by Crippen LogP contribution is 2.35. The van der Waals surface area contributed by atoms with E-state index in [0.29, 0.717) is 6.29 Å². The Morgan fingerprint density at radius 2 is 2.00 bits per heavy atom. The Bertz CT molecular complexity index is 1030. The molecule has 0 aliphatic heterocycles. The van der Waals surface area contributed by atoms with Crippen LogP contribution in [0.1, 0.15) is 26.3 Å². The zero-order chi connectivity index (χ0) is 19.1. The first-order chi connectivity index (χ1) is 12.2. The summed E-state index contributed by atoms with van der Waals surface area (Å²) in [5.74, 6) is -1.36. The molecule has 2 aromatic carbocycles. The van der Waals surface area contributed by atoms with Gasteiger partial charge in [0.2, 0.25) is 0 Å². The molecule has 0 aliphatic carbocycles. The number of nitrogens with zero attached hydrogens (tertiary/aromatic N) is 1. The smallest absolute Gasteiger partial charge is 0.416 e. The van der Waals surface area contributed by atoms with Gasteiger partial charge in [0.05, 0.1) is 26.9 Å². The maximum absolute atomic E-state index is 12.8. The van der Waals surface area contributed by atoms with Gasteiger partial charge in [-0.3, -0.25) is 14.9 Å². The second-order valence-corrected chi connectivity index (χ2v) is 6.63. The van der Waals surface area contributed by atoms with Crippen LogP contribution in [-0.2, 0) is 6.18 Å². The van der Waals surface area contributed by atoms with Gasteiger partial charge in [-0.1, -0.05) is 22.9 Å². The van der Waals surface area contributed by atoms with Gasteiger partial charge in [0.25, 0.3) is 5.91 Å². The second kappa shape index (κ2) is 6.58. The summed E-state index contributed by atoms with van der Waals surface area (Å²) >= 11 is 6.65. The number of benzene rings is 2. The van der Waals surface area contributed by atoms with Gasteiger partial charge in [-0.05, 0) is 30.3 Å². The topological polar surface area (TPSA) is 79.3 Å². The minimum Gasteiger partial charge on any atom is -0.506 e. The zero-order valence-electron chi connectivity index (χ0n) is 12.6. The number of amides is 1. The Morgan fingerprint density at radius 1 is 1.27 bits per heavy atom. The number of nitrogens with one attached hydrogen (secondary N) is 1. The molecular weight excluding hydrogens is 393 g/mol. The first-order valence-electron chi connectivity index (χ1n) is 6.96. The van der Waals surface area contributed by atoms with Crippen LogP contribution in [0.3, 0.4) is 0 Å². The van der Waals surface area contributed by atoms with Crippen LogP contribution in [0.4, 0.5) is 18.3 Å². The molecule has 0 atom stereocenters. The molecule has 0 bridgehead atoms. The van der Waals surface area contributed by atoms with Crippen LogP contribution in [-0.4, -0.2) is 22.3 Å². The monoisotopic (exact) mass is 400 g/mol. The number of phenolic OH excluding ortho intramolecular Hbond substituents is 1. The molecule has 3 rings (SSSR count). The van der Waals surface area contributed by atoms with Gasteiger partial charge in [0.1, 0.15) is 5.75 Å². The number of phenols is 1. The number of aldehydes is 1. The standard InChI is InChI=1S/C16H8ClF3N2O3S/c17-9-3-7(6-23)13(24)10(5-9)14(25)22-15-21-11-2-1-8(16(18,19)20)4-12(11)26-15/h1-6,24H,(H,21,22,25). The quantitative estimate of drug-likeness (QED) is 0.622. The number of aromatic nitrogens is 1. The summed E-state index contributed by atoms with van der Waals surface area (Å²) in [6.45, 7) is 0. The van der Waals surface area contributed by atoms with Crippen molar-refractivity contribution in [2.45, 2.75) is 6.18 Å². The van der Waals surface area contributed by atoms with Gasteiger partial charge in [-0.2, -0.15) is 13.2 Å². The third-order valence-electron chi connectivity index (χ3n) is 3.41. The molecule has 2 N–H and O–H groups in total. The SMILES string of the molecule is O=Cc1cc(Cl)cc(C(=O)Nc2nc3ccc(C(F)(F)F)cc3s2)c1O. The predicted octanol–water partition coefficient (Wildman–Crippen LogP) is 4.74. The molecule has 1 heterocycles. The molecule has 134 valence electrons. The highest BCUT2D eigenvalue weighted by Gasteiger charge is 2.30. The van der Waals surface area contributed by atoms with Gasteiger partial charge in [-0.15, -0.1) is 0 Å². The van der Waals surface area contributed by atoms with Crippen molar-refractivity contribution >= 4 is 50.5 Å². The number of hydrogen-bond donors (Lipinski definition) is 2. The molecule has 0 spiro atoms. The summed E-state index contributed by atoms with van der Waals surface area (Å²) in [4.78, 5) is 27.2. The number of fused-ring (bicyclic) bond motifs is 1. The van der Waals surface area contributed by atoms with Gasteiger partial charge in [0, 0.05) is 5.02 Å². The number of thiazole rings is 1. The number of carbonyl (C=O) groups excluding carboxylic acids is 2. The lowest BCUT2D eigenvalue weighted by molar-refractivity contribution is -0.137. The van der Waals surface area contributed by atoms with E-state index in [9.17, 15) is 27.9 Å². The number of carbonyl (C=O) groups is 2. The normalized spacial score (nSPS) is 11.5. The summed E-state index contributed by atoms with van der Waals surface area (Å²) in [7, 11) is 0. The van der Waals surface area contributed by atoms with Crippen molar-refractivity contribution in [1.82, 2.24) is 4.98 Å². The molecule has 5 nitrogen and oxygen atoms in total. The lowest BCUT2D eigenvalue weighted by Gasteiger charge is -2.06. The van der Waals surface area contributed by atoms with Crippen LogP contribution in [0.2, 0.25) is 5.02 Å². The summed E-state index contributed by atoms with van der Waals surface area (Å²) < 4.78 is 38.5. The summed E-state index contributed by atoms with van der Waals surface area (Å²) in [5, 5.41) is 12.4. The number of alkyl halides is 3. The van der Waals surface area contributed by atoms with E-state index in [-0.39, 0.29) is 31.5 Å². The van der Waals surface area contributed by atoms with Crippen LogP contribution in [0.15, 0.2) is 30.3 Å². The lowest BCUT2D eigenvalue weighted by atomic mass is 10.1. The van der Waals surface area contributed by atoms with Crippen LogP contribution in [0.25, 0.3) is 10.2 Å². The Hall–Kier alpha value is -2.65. The molecule has 10 heteroatoms. The van der Waals surface area contributed by atoms with E-state index < -0.39 is 23.4 Å². The van der Waals surface area contributed by atoms with Crippen molar-refractivity contribution in [2.24, 2.45) is 0 Å². The number of halogens is 4. The summed E-state index contributed by atoms with van der Waals surface area (Å²) in [6.07, 6.45) is -4.15. The van der Waals surface area contributed by atoms with E-state index >= 15 is 0 Å². The zero-order valence-corrected chi connectivity index (χ0v) is 14.2. The van der Waals surface area contributed by atoms with Gasteiger partial charge in [0.15, 0.2) is 11.4 Å². The van der Waals surface area contributed by atoms with Crippen LogP contribution >= 0.6 is 22.9 Å². The highest BCUT2D eigenvalue weighted by atomic mass is 35.5. The minimum atomic E-state index is -4.49. The molecule has 1 amide bonds. The van der Waals surface area contributed by atoms with E-state index in [0.717, 1.165) is 29.5 Å². The fourth-order valence-electron chi connectivity index (χ4n) is 2.20. The average molecular weight is 401 g/mol. The lowest BCUT2D eigenvalue weighted by Crippen LogP contribution is -2.12. The number of anilines is 1. The maximum atomic E-state index is 12.8. The van der Waals surface area contributed by atoms with E-state index in [1.165, 1.54) is 12.1 Å². The molecule has 26 heavy (non-hydrogen) atoms. The molecule has 0 fully saturated rings. The average Bonchev–Trinajstić information content (AvgIpc) is 2.96. The molecule has 1 aromatic heterocycles. The van der Waals surface area contributed by atoms with Crippen molar-refractivity contribution in [1.29, 1.82) is 0 Å². The van der Waals surface area contributed by atoms with E-state index in [1.807, 2.05) is 0 Å². The van der Waals surface area contributed by atoms with Crippen molar-refractivity contribution in [3.05, 3.63) is 52.0 Å². The Morgan fingerprint density at radius 3 is 2.65 bits per heavy atom. The van der Waals surface area contributed by atoms with Crippen LogP contribution < -0.4 is 5.32 Å². The molecule has 0 aliphatic rings.